The second-order valence-electron chi connectivity index (χ2n) is 8.38. The third-order valence-corrected chi connectivity index (χ3v) is 8.50. The highest BCUT2D eigenvalue weighted by Gasteiger charge is 2.30. The third-order valence-electron chi connectivity index (χ3n) is 6.60. The van der Waals surface area contributed by atoms with Gasteiger partial charge in [0.15, 0.2) is 0 Å². The summed E-state index contributed by atoms with van der Waals surface area (Å²) in [5.41, 5.74) is 0.220. The average molecular weight is 484 g/mol. The summed E-state index contributed by atoms with van der Waals surface area (Å²) in [5.74, 6) is 0.451. The first-order chi connectivity index (χ1) is 15.9. The summed E-state index contributed by atoms with van der Waals surface area (Å²) in [6, 6.07) is 4.64. The number of benzene rings is 1. The van der Waals surface area contributed by atoms with Crippen LogP contribution in [0.3, 0.4) is 0 Å². The Hall–Kier alpha value is -1.72. The van der Waals surface area contributed by atoms with Gasteiger partial charge in [0, 0.05) is 38.8 Å². The van der Waals surface area contributed by atoms with Crippen LogP contribution in [-0.2, 0) is 19.5 Å². The van der Waals surface area contributed by atoms with Crippen molar-refractivity contribution in [2.24, 2.45) is 5.92 Å². The quantitative estimate of drug-likeness (QED) is 0.540. The Kier molecular flexibility index (Phi) is 9.51. The Morgan fingerprint density at radius 1 is 1.06 bits per heavy atom. The van der Waals surface area contributed by atoms with E-state index in [9.17, 15) is 13.2 Å². The fourth-order valence-corrected chi connectivity index (χ4v) is 6.02. The lowest BCUT2D eigenvalue weighted by molar-refractivity contribution is 0.00191. The summed E-state index contributed by atoms with van der Waals surface area (Å²) >= 11 is 0. The molecule has 0 bridgehead atoms. The predicted molar refractivity (Wildman–Crippen MR) is 125 cm³/mol. The molecule has 1 amide bonds. The van der Waals surface area contributed by atoms with E-state index >= 15 is 0 Å². The highest BCUT2D eigenvalue weighted by atomic mass is 32.2. The van der Waals surface area contributed by atoms with Crippen LogP contribution in [0.2, 0.25) is 0 Å². The first kappa shape index (κ1) is 25.9. The van der Waals surface area contributed by atoms with E-state index in [1.54, 1.807) is 6.07 Å². The summed E-state index contributed by atoms with van der Waals surface area (Å²) in [7, 11) is -2.24. The fraction of sp³-hybridized carbons (Fsp3) is 0.696. The number of hydrogen-bond donors (Lipinski definition) is 1. The van der Waals surface area contributed by atoms with Crippen LogP contribution in [0.25, 0.3) is 0 Å². The van der Waals surface area contributed by atoms with E-state index in [-0.39, 0.29) is 22.4 Å². The molecule has 9 nitrogen and oxygen atoms in total. The largest absolute Gasteiger partial charge is 0.496 e. The van der Waals surface area contributed by atoms with Gasteiger partial charge in [-0.25, -0.2) is 8.42 Å². The van der Waals surface area contributed by atoms with Gasteiger partial charge < -0.3 is 19.5 Å². The number of nitrogens with one attached hydrogen (secondary N) is 1. The van der Waals surface area contributed by atoms with Crippen LogP contribution < -0.4 is 10.1 Å². The smallest absolute Gasteiger partial charge is 0.255 e. The minimum absolute atomic E-state index is 0.0834. The molecule has 1 N–H and O–H groups in total. The van der Waals surface area contributed by atoms with E-state index in [0.29, 0.717) is 57.7 Å². The zero-order valence-electron chi connectivity index (χ0n) is 19.9. The zero-order chi connectivity index (χ0) is 23.8. The first-order valence-electron chi connectivity index (χ1n) is 11.8. The van der Waals surface area contributed by atoms with Gasteiger partial charge in [0.05, 0.1) is 44.0 Å². The molecular formula is C23H37N3O6S. The lowest BCUT2D eigenvalue weighted by Crippen LogP contribution is -2.52. The molecule has 2 fully saturated rings. The first-order valence-corrected chi connectivity index (χ1v) is 13.2. The number of morpholine rings is 2. The monoisotopic (exact) mass is 483 g/mol. The van der Waals surface area contributed by atoms with E-state index in [4.69, 9.17) is 14.2 Å². The van der Waals surface area contributed by atoms with Crippen molar-refractivity contribution in [1.82, 2.24) is 14.5 Å². The van der Waals surface area contributed by atoms with Crippen molar-refractivity contribution in [3.63, 3.8) is 0 Å². The second-order valence-corrected chi connectivity index (χ2v) is 10.3. The molecule has 2 aliphatic heterocycles. The van der Waals surface area contributed by atoms with Crippen LogP contribution >= 0.6 is 0 Å². The van der Waals surface area contributed by atoms with Gasteiger partial charge in [-0.2, -0.15) is 4.31 Å². The number of carbonyl (C=O) groups excluding carboxylic acids is 1. The second kappa shape index (κ2) is 12.1. The van der Waals surface area contributed by atoms with E-state index in [0.717, 1.165) is 25.9 Å². The molecule has 2 heterocycles. The van der Waals surface area contributed by atoms with Crippen LogP contribution in [0.5, 0.6) is 5.75 Å². The Bertz CT molecular complexity index is 878. The summed E-state index contributed by atoms with van der Waals surface area (Å²) in [6.07, 6.45) is 2.04. The topological polar surface area (TPSA) is 97.4 Å². The van der Waals surface area contributed by atoms with Gasteiger partial charge in [0.25, 0.3) is 5.91 Å². The third kappa shape index (κ3) is 6.24. The van der Waals surface area contributed by atoms with Gasteiger partial charge in [-0.15, -0.1) is 0 Å². The molecule has 0 saturated carbocycles. The molecule has 0 radical (unpaired) electrons. The predicted octanol–water partition coefficient (Wildman–Crippen LogP) is 1.58. The van der Waals surface area contributed by atoms with Gasteiger partial charge in [0.2, 0.25) is 10.0 Å². The summed E-state index contributed by atoms with van der Waals surface area (Å²) in [6.45, 7) is 9.22. The Morgan fingerprint density at radius 2 is 1.67 bits per heavy atom. The van der Waals surface area contributed by atoms with E-state index < -0.39 is 10.0 Å². The zero-order valence-corrected chi connectivity index (χ0v) is 20.7. The maximum Gasteiger partial charge on any atom is 0.255 e. The number of hydrogen-bond acceptors (Lipinski definition) is 7. The maximum absolute atomic E-state index is 13.2. The molecule has 1 atom stereocenters. The molecule has 10 heteroatoms. The van der Waals surface area contributed by atoms with Crippen molar-refractivity contribution in [2.75, 3.05) is 66.3 Å². The average Bonchev–Trinajstić information content (AvgIpc) is 2.87. The van der Waals surface area contributed by atoms with Crippen LogP contribution in [0.15, 0.2) is 23.1 Å². The highest BCUT2D eigenvalue weighted by Crippen LogP contribution is 2.26. The fourth-order valence-electron chi connectivity index (χ4n) is 4.59. The SMILES string of the molecule is CCC(CC)C(CNC(=O)c1cc(S(=O)(=O)N2CCOCC2)ccc1OC)N1CCOCC1. The van der Waals surface area contributed by atoms with Gasteiger partial charge in [-0.1, -0.05) is 26.7 Å². The van der Waals surface area contributed by atoms with Gasteiger partial charge in [-0.05, 0) is 24.1 Å². The van der Waals surface area contributed by atoms with Gasteiger partial charge in [-0.3, -0.25) is 9.69 Å². The van der Waals surface area contributed by atoms with Crippen LogP contribution in [0.1, 0.15) is 37.0 Å². The highest BCUT2D eigenvalue weighted by molar-refractivity contribution is 7.89. The molecule has 0 spiro atoms. The molecule has 1 aromatic rings. The molecular weight excluding hydrogens is 446 g/mol. The number of ether oxygens (including phenoxy) is 3. The molecule has 0 aliphatic carbocycles. The molecule has 33 heavy (non-hydrogen) atoms. The molecule has 1 aromatic carbocycles. The van der Waals surface area contributed by atoms with E-state index in [1.165, 1.54) is 23.5 Å². The summed E-state index contributed by atoms with van der Waals surface area (Å²) in [4.78, 5) is 15.7. The van der Waals surface area contributed by atoms with Gasteiger partial charge >= 0.3 is 0 Å². The molecule has 1 unspecified atom stereocenters. The number of rotatable bonds is 10. The maximum atomic E-state index is 13.2. The number of sulfonamides is 1. The lowest BCUT2D eigenvalue weighted by atomic mass is 9.92. The normalized spacial score (nSPS) is 19.4. The standard InChI is InChI=1S/C23H37N3O6S/c1-4-18(5-2)21(25-8-12-31-13-9-25)17-24-23(27)20-16-19(6-7-22(20)30-3)33(28,29)26-10-14-32-15-11-26/h6-7,16,18,21H,4-5,8-15,17H2,1-3H3,(H,24,27). The van der Waals surface area contributed by atoms with Crippen LogP contribution in [0, 0.1) is 5.92 Å². The molecule has 2 aliphatic rings. The summed E-state index contributed by atoms with van der Waals surface area (Å²) in [5, 5.41) is 3.05. The Labute approximate surface area is 197 Å². The molecule has 2 saturated heterocycles. The minimum Gasteiger partial charge on any atom is -0.496 e. The number of nitrogens with zero attached hydrogens (tertiary/aromatic N) is 2. The van der Waals surface area contributed by atoms with Crippen molar-refractivity contribution < 1.29 is 27.4 Å². The Morgan fingerprint density at radius 3 is 2.24 bits per heavy atom. The van der Waals surface area contributed by atoms with Crippen molar-refractivity contribution in [3.8, 4) is 5.75 Å². The van der Waals surface area contributed by atoms with Crippen molar-refractivity contribution in [3.05, 3.63) is 23.8 Å². The molecule has 186 valence electrons. The number of amides is 1. The molecule has 0 aromatic heterocycles. The Balaban J connectivity index is 1.79. The van der Waals surface area contributed by atoms with Crippen molar-refractivity contribution in [2.45, 2.75) is 37.6 Å². The van der Waals surface area contributed by atoms with Crippen molar-refractivity contribution >= 4 is 15.9 Å². The van der Waals surface area contributed by atoms with Crippen molar-refractivity contribution in [1.29, 1.82) is 0 Å². The number of methoxy groups -OCH3 is 1. The van der Waals surface area contributed by atoms with Gasteiger partial charge in [0.1, 0.15) is 5.75 Å². The van der Waals surface area contributed by atoms with E-state index in [2.05, 4.69) is 24.1 Å². The molecule has 3 rings (SSSR count). The van der Waals surface area contributed by atoms with Crippen LogP contribution in [-0.4, -0.2) is 95.8 Å². The summed E-state index contributed by atoms with van der Waals surface area (Å²) < 4.78 is 43.7. The minimum atomic E-state index is -3.72. The number of carbonyl (C=O) groups is 1. The lowest BCUT2D eigenvalue weighted by Gasteiger charge is -2.38. The van der Waals surface area contributed by atoms with E-state index in [1.807, 2.05) is 0 Å². The van der Waals surface area contributed by atoms with Crippen LogP contribution in [0.4, 0.5) is 0 Å².